The van der Waals surface area contributed by atoms with E-state index in [-0.39, 0.29) is 11.7 Å². The first-order chi connectivity index (χ1) is 12.3. The third-order valence-corrected chi connectivity index (χ3v) is 4.11. The number of amides is 2. The van der Waals surface area contributed by atoms with Crippen molar-refractivity contribution in [3.8, 4) is 5.75 Å². The Hall–Kier alpha value is -2.87. The number of benzene rings is 1. The van der Waals surface area contributed by atoms with Crippen LogP contribution in [0.4, 0.5) is 5.00 Å². The summed E-state index contributed by atoms with van der Waals surface area (Å²) in [7, 11) is 0. The van der Waals surface area contributed by atoms with Crippen LogP contribution in [0.25, 0.3) is 0 Å². The topological polar surface area (TPSA) is 108 Å². The van der Waals surface area contributed by atoms with E-state index >= 15 is 0 Å². The molecule has 8 heteroatoms. The molecular formula is C18H20N2O5S. The fraction of sp³-hybridized carbons (Fsp3) is 0.278. The van der Waals surface area contributed by atoms with Gasteiger partial charge in [0.1, 0.15) is 10.8 Å². The van der Waals surface area contributed by atoms with Gasteiger partial charge in [0.15, 0.2) is 6.10 Å². The van der Waals surface area contributed by atoms with Gasteiger partial charge in [0, 0.05) is 0 Å². The summed E-state index contributed by atoms with van der Waals surface area (Å²) in [5, 5.41) is 4.49. The Morgan fingerprint density at radius 3 is 2.31 bits per heavy atom. The highest BCUT2D eigenvalue weighted by Crippen LogP contribution is 2.23. The van der Waals surface area contributed by atoms with Gasteiger partial charge in [-0.3, -0.25) is 9.59 Å². The van der Waals surface area contributed by atoms with Crippen LogP contribution in [0, 0.1) is 0 Å². The molecule has 1 unspecified atom stereocenters. The molecule has 1 atom stereocenters. The molecule has 1 aromatic heterocycles. The molecule has 0 radical (unpaired) electrons. The van der Waals surface area contributed by atoms with E-state index in [9.17, 15) is 14.4 Å². The Morgan fingerprint density at radius 2 is 1.73 bits per heavy atom. The number of hydrogen-bond acceptors (Lipinski definition) is 6. The summed E-state index contributed by atoms with van der Waals surface area (Å²) in [5.41, 5.74) is 5.74. The number of anilines is 1. The molecule has 0 aliphatic rings. The molecule has 7 nitrogen and oxygen atoms in total. The minimum atomic E-state index is -1.04. The number of thiophene rings is 1. The number of nitrogens with one attached hydrogen (secondary N) is 1. The van der Waals surface area contributed by atoms with Gasteiger partial charge in [-0.15, -0.1) is 11.3 Å². The summed E-state index contributed by atoms with van der Waals surface area (Å²) >= 11 is 1.16. The van der Waals surface area contributed by atoms with Crippen LogP contribution in [0.3, 0.4) is 0 Å². The monoisotopic (exact) mass is 376 g/mol. The normalized spacial score (nSPS) is 11.7. The van der Waals surface area contributed by atoms with Crippen molar-refractivity contribution in [1.29, 1.82) is 0 Å². The summed E-state index contributed by atoms with van der Waals surface area (Å²) in [4.78, 5) is 35.6. The van der Waals surface area contributed by atoms with E-state index in [1.165, 1.54) is 13.0 Å². The van der Waals surface area contributed by atoms with Crippen molar-refractivity contribution in [2.75, 3.05) is 5.32 Å². The molecule has 0 fully saturated rings. The van der Waals surface area contributed by atoms with Crippen LogP contribution in [0.5, 0.6) is 5.75 Å². The number of carbonyl (C=O) groups excluding carboxylic acids is 3. The number of rotatable bonds is 7. The largest absolute Gasteiger partial charge is 0.491 e. The Balaban J connectivity index is 1.96. The standard InChI is InChI=1S/C18H20N2O5S/c1-10(2)24-13-6-4-12(5-7-13)18(23)25-11(3)16(22)20-17-14(15(19)21)8-9-26-17/h4-11H,1-3H3,(H2,19,21)(H,20,22). The van der Waals surface area contributed by atoms with Gasteiger partial charge < -0.3 is 20.5 Å². The zero-order valence-corrected chi connectivity index (χ0v) is 15.5. The molecule has 2 amide bonds. The van der Waals surface area contributed by atoms with E-state index in [4.69, 9.17) is 15.2 Å². The van der Waals surface area contributed by atoms with Crippen molar-refractivity contribution in [1.82, 2.24) is 0 Å². The molecular weight excluding hydrogens is 356 g/mol. The van der Waals surface area contributed by atoms with Gasteiger partial charge >= 0.3 is 5.97 Å². The average molecular weight is 376 g/mol. The molecule has 1 heterocycles. The quantitative estimate of drug-likeness (QED) is 0.723. The highest BCUT2D eigenvalue weighted by atomic mass is 32.1. The molecule has 0 saturated heterocycles. The average Bonchev–Trinajstić information content (AvgIpc) is 3.03. The first-order valence-corrected chi connectivity index (χ1v) is 8.81. The minimum Gasteiger partial charge on any atom is -0.491 e. The van der Waals surface area contributed by atoms with E-state index in [1.54, 1.807) is 29.6 Å². The summed E-state index contributed by atoms with van der Waals surface area (Å²) < 4.78 is 10.7. The molecule has 3 N–H and O–H groups in total. The fourth-order valence-corrected chi connectivity index (χ4v) is 2.83. The molecule has 138 valence electrons. The van der Waals surface area contributed by atoms with Gasteiger partial charge in [-0.05, 0) is 56.5 Å². The number of nitrogens with two attached hydrogens (primary N) is 1. The maximum atomic E-state index is 12.2. The maximum Gasteiger partial charge on any atom is 0.338 e. The highest BCUT2D eigenvalue weighted by Gasteiger charge is 2.21. The van der Waals surface area contributed by atoms with Crippen LogP contribution in [-0.2, 0) is 9.53 Å². The fourth-order valence-electron chi connectivity index (χ4n) is 2.04. The highest BCUT2D eigenvalue weighted by molar-refractivity contribution is 7.14. The lowest BCUT2D eigenvalue weighted by Gasteiger charge is -2.14. The second-order valence-corrected chi connectivity index (χ2v) is 6.67. The van der Waals surface area contributed by atoms with Crippen molar-refractivity contribution in [3.05, 3.63) is 46.8 Å². The van der Waals surface area contributed by atoms with Crippen LogP contribution in [0.1, 0.15) is 41.5 Å². The predicted molar refractivity (Wildman–Crippen MR) is 98.6 cm³/mol. The number of hydrogen-bond donors (Lipinski definition) is 2. The van der Waals surface area contributed by atoms with Gasteiger partial charge in [0.05, 0.1) is 17.2 Å². The van der Waals surface area contributed by atoms with Crippen molar-refractivity contribution < 1.29 is 23.9 Å². The van der Waals surface area contributed by atoms with E-state index in [1.807, 2.05) is 13.8 Å². The van der Waals surface area contributed by atoms with Crippen LogP contribution in [-0.4, -0.2) is 30.0 Å². The predicted octanol–water partition coefficient (Wildman–Crippen LogP) is 2.82. The zero-order chi connectivity index (χ0) is 19.3. The summed E-state index contributed by atoms with van der Waals surface area (Å²) in [6, 6.07) is 7.96. The van der Waals surface area contributed by atoms with Crippen LogP contribution in [0.15, 0.2) is 35.7 Å². The Bertz CT molecular complexity index is 798. The lowest BCUT2D eigenvalue weighted by atomic mass is 10.2. The molecule has 0 spiro atoms. The Kier molecular flexibility index (Phi) is 6.35. The third kappa shape index (κ3) is 5.06. The molecule has 26 heavy (non-hydrogen) atoms. The Labute approximate surface area is 155 Å². The van der Waals surface area contributed by atoms with Crippen LogP contribution >= 0.6 is 11.3 Å². The third-order valence-electron chi connectivity index (χ3n) is 3.28. The number of ether oxygens (including phenoxy) is 2. The molecule has 1 aromatic carbocycles. The Morgan fingerprint density at radius 1 is 1.08 bits per heavy atom. The molecule has 0 bridgehead atoms. The molecule has 0 saturated carbocycles. The van der Waals surface area contributed by atoms with Gasteiger partial charge in [-0.1, -0.05) is 0 Å². The summed E-state index contributed by atoms with van der Waals surface area (Å²) in [6.07, 6.45) is -1.02. The van der Waals surface area contributed by atoms with Crippen LogP contribution in [0.2, 0.25) is 0 Å². The van der Waals surface area contributed by atoms with Crippen molar-refractivity contribution >= 4 is 34.1 Å². The van der Waals surface area contributed by atoms with Crippen molar-refractivity contribution in [2.45, 2.75) is 33.0 Å². The zero-order valence-electron chi connectivity index (χ0n) is 14.6. The van der Waals surface area contributed by atoms with Crippen LogP contribution < -0.4 is 15.8 Å². The lowest BCUT2D eigenvalue weighted by molar-refractivity contribution is -0.123. The molecule has 0 aliphatic heterocycles. The molecule has 2 aromatic rings. The SMILES string of the molecule is CC(C)Oc1ccc(C(=O)OC(C)C(=O)Nc2sccc2C(N)=O)cc1. The number of esters is 1. The van der Waals surface area contributed by atoms with Gasteiger partial charge in [0.2, 0.25) is 0 Å². The van der Waals surface area contributed by atoms with E-state index in [0.717, 1.165) is 11.3 Å². The summed E-state index contributed by atoms with van der Waals surface area (Å²) in [5.74, 6) is -1.19. The first kappa shape index (κ1) is 19.5. The minimum absolute atomic E-state index is 0.0269. The van der Waals surface area contributed by atoms with E-state index in [0.29, 0.717) is 16.3 Å². The number of carbonyl (C=O) groups is 3. The lowest BCUT2D eigenvalue weighted by Crippen LogP contribution is -2.30. The smallest absolute Gasteiger partial charge is 0.338 e. The van der Waals surface area contributed by atoms with Gasteiger partial charge in [-0.2, -0.15) is 0 Å². The maximum absolute atomic E-state index is 12.2. The van der Waals surface area contributed by atoms with Gasteiger partial charge in [0.25, 0.3) is 11.8 Å². The van der Waals surface area contributed by atoms with Crippen molar-refractivity contribution in [3.63, 3.8) is 0 Å². The first-order valence-electron chi connectivity index (χ1n) is 7.93. The molecule has 0 aliphatic carbocycles. The van der Waals surface area contributed by atoms with E-state index < -0.39 is 23.9 Å². The van der Waals surface area contributed by atoms with Gasteiger partial charge in [-0.25, -0.2) is 4.79 Å². The molecule has 2 rings (SSSR count). The van der Waals surface area contributed by atoms with E-state index in [2.05, 4.69) is 5.32 Å². The van der Waals surface area contributed by atoms with Crippen molar-refractivity contribution in [2.24, 2.45) is 5.73 Å². The summed E-state index contributed by atoms with van der Waals surface area (Å²) in [6.45, 7) is 5.25. The second-order valence-electron chi connectivity index (χ2n) is 5.76. The number of primary amides is 1. The second kappa shape index (κ2) is 8.48.